The average molecular weight is 449 g/mol. The van der Waals surface area contributed by atoms with E-state index < -0.39 is 0 Å². The van der Waals surface area contributed by atoms with Gasteiger partial charge in [0.2, 0.25) is 0 Å². The maximum atomic E-state index is 12.7. The molecule has 9 heteroatoms. The number of hydrogen-bond acceptors (Lipinski definition) is 6. The summed E-state index contributed by atoms with van der Waals surface area (Å²) in [5.41, 5.74) is 1.35. The molecule has 0 saturated carbocycles. The van der Waals surface area contributed by atoms with Crippen molar-refractivity contribution < 1.29 is 14.2 Å². The highest BCUT2D eigenvalue weighted by molar-refractivity contribution is 7.80. The highest BCUT2D eigenvalue weighted by Crippen LogP contribution is 2.19. The Morgan fingerprint density at radius 3 is 2.84 bits per heavy atom. The Kier molecular flexibility index (Phi) is 9.08. The second-order valence-electron chi connectivity index (χ2n) is 7.53. The van der Waals surface area contributed by atoms with Crippen molar-refractivity contribution >= 4 is 28.2 Å². The Balaban J connectivity index is 1.71. The van der Waals surface area contributed by atoms with Crippen LogP contribution >= 0.6 is 12.2 Å². The quantitative estimate of drug-likeness (QED) is 0.419. The number of hydrogen-bond donors (Lipinski definition) is 2. The van der Waals surface area contributed by atoms with Gasteiger partial charge in [0.25, 0.3) is 5.56 Å². The van der Waals surface area contributed by atoms with Crippen LogP contribution in [0, 0.1) is 0 Å². The molecule has 0 unspecified atom stereocenters. The molecule has 0 spiro atoms. The first-order chi connectivity index (χ1) is 15.1. The molecular formula is C22H32N4O4S. The summed E-state index contributed by atoms with van der Waals surface area (Å²) in [6, 6.07) is 7.54. The third kappa shape index (κ3) is 6.90. The maximum Gasteiger partial charge on any atom is 0.253 e. The van der Waals surface area contributed by atoms with E-state index in [1.165, 1.54) is 0 Å². The third-order valence-electron chi connectivity index (χ3n) is 5.37. The summed E-state index contributed by atoms with van der Waals surface area (Å²) in [6.07, 6.45) is 0.950. The van der Waals surface area contributed by atoms with Gasteiger partial charge in [-0.15, -0.1) is 0 Å². The predicted molar refractivity (Wildman–Crippen MR) is 126 cm³/mol. The topological polar surface area (TPSA) is 79.1 Å². The molecule has 2 N–H and O–H groups in total. The number of methoxy groups -OCH3 is 2. The zero-order valence-corrected chi connectivity index (χ0v) is 19.1. The van der Waals surface area contributed by atoms with E-state index in [2.05, 4.69) is 20.1 Å². The predicted octanol–water partition coefficient (Wildman–Crippen LogP) is 1.58. The number of nitrogens with zero attached hydrogens (tertiary/aromatic N) is 2. The van der Waals surface area contributed by atoms with Crippen molar-refractivity contribution in [3.63, 3.8) is 0 Å². The van der Waals surface area contributed by atoms with Crippen LogP contribution in [0.1, 0.15) is 12.0 Å². The first-order valence-electron chi connectivity index (χ1n) is 10.6. The maximum absolute atomic E-state index is 12.7. The Morgan fingerprint density at radius 2 is 2.10 bits per heavy atom. The molecule has 0 amide bonds. The number of rotatable bonds is 10. The number of nitrogens with one attached hydrogen (secondary N) is 2. The van der Waals surface area contributed by atoms with E-state index in [-0.39, 0.29) is 5.56 Å². The summed E-state index contributed by atoms with van der Waals surface area (Å²) >= 11 is 5.63. The van der Waals surface area contributed by atoms with Gasteiger partial charge in [-0.3, -0.25) is 9.69 Å². The third-order valence-corrected chi connectivity index (χ3v) is 5.77. The van der Waals surface area contributed by atoms with Gasteiger partial charge in [0.1, 0.15) is 5.75 Å². The van der Waals surface area contributed by atoms with Gasteiger partial charge < -0.3 is 29.4 Å². The number of thiocarbonyl (C=S) groups is 1. The fourth-order valence-corrected chi connectivity index (χ4v) is 3.87. The molecule has 0 radical (unpaired) electrons. The largest absolute Gasteiger partial charge is 0.497 e. The van der Waals surface area contributed by atoms with E-state index in [1.807, 2.05) is 24.3 Å². The van der Waals surface area contributed by atoms with Gasteiger partial charge in [0.15, 0.2) is 5.11 Å². The number of H-pyrrole nitrogens is 1. The lowest BCUT2D eigenvalue weighted by atomic mass is 10.1. The number of ether oxygens (including phenoxy) is 3. The fourth-order valence-electron chi connectivity index (χ4n) is 3.61. The average Bonchev–Trinajstić information content (AvgIpc) is 2.79. The van der Waals surface area contributed by atoms with Crippen molar-refractivity contribution in [3.8, 4) is 5.75 Å². The fraction of sp³-hybridized carbons (Fsp3) is 0.545. The summed E-state index contributed by atoms with van der Waals surface area (Å²) in [6.45, 7) is 6.86. The molecule has 0 atom stereocenters. The molecule has 3 rings (SSSR count). The Hall–Kier alpha value is -2.20. The zero-order chi connectivity index (χ0) is 22.1. The van der Waals surface area contributed by atoms with E-state index in [0.717, 1.165) is 62.5 Å². The highest BCUT2D eigenvalue weighted by atomic mass is 32.1. The van der Waals surface area contributed by atoms with Gasteiger partial charge in [0.05, 0.1) is 33.5 Å². The van der Waals surface area contributed by atoms with E-state index >= 15 is 0 Å². The molecule has 0 bridgehead atoms. The van der Waals surface area contributed by atoms with Gasteiger partial charge in [-0.05, 0) is 42.9 Å². The summed E-state index contributed by atoms with van der Waals surface area (Å²) in [4.78, 5) is 20.1. The molecule has 8 nitrogen and oxygen atoms in total. The molecule has 1 saturated heterocycles. The first kappa shape index (κ1) is 23.5. The molecule has 1 fully saturated rings. The minimum Gasteiger partial charge on any atom is -0.497 e. The smallest absolute Gasteiger partial charge is 0.253 e. The van der Waals surface area contributed by atoms with Gasteiger partial charge >= 0.3 is 0 Å². The lowest BCUT2D eigenvalue weighted by Crippen LogP contribution is -2.43. The number of fused-ring (bicyclic) bond motifs is 1. The highest BCUT2D eigenvalue weighted by Gasteiger charge is 2.15. The summed E-state index contributed by atoms with van der Waals surface area (Å²) in [7, 11) is 3.29. The molecule has 31 heavy (non-hydrogen) atoms. The van der Waals surface area contributed by atoms with Crippen molar-refractivity contribution in [1.82, 2.24) is 20.1 Å². The Bertz CT molecular complexity index is 914. The van der Waals surface area contributed by atoms with Crippen molar-refractivity contribution in [2.75, 3.05) is 66.8 Å². The van der Waals surface area contributed by atoms with Crippen LogP contribution in [0.25, 0.3) is 10.9 Å². The monoisotopic (exact) mass is 448 g/mol. The molecule has 1 aromatic carbocycles. The van der Waals surface area contributed by atoms with E-state index in [9.17, 15) is 4.79 Å². The van der Waals surface area contributed by atoms with Crippen LogP contribution in [0.5, 0.6) is 5.75 Å². The van der Waals surface area contributed by atoms with Crippen molar-refractivity contribution in [1.29, 1.82) is 0 Å². The van der Waals surface area contributed by atoms with Crippen LogP contribution in [0.4, 0.5) is 0 Å². The lowest BCUT2D eigenvalue weighted by molar-refractivity contribution is 0.0367. The summed E-state index contributed by atoms with van der Waals surface area (Å²) < 4.78 is 15.9. The molecule has 2 aromatic rings. The number of aromatic amines is 1. The molecule has 1 aliphatic rings. The molecule has 2 heterocycles. The zero-order valence-electron chi connectivity index (χ0n) is 18.3. The molecule has 0 aliphatic carbocycles. The van der Waals surface area contributed by atoms with Crippen LogP contribution in [-0.2, 0) is 16.0 Å². The van der Waals surface area contributed by atoms with E-state index in [0.29, 0.717) is 30.4 Å². The molecular weight excluding hydrogens is 416 g/mol. The summed E-state index contributed by atoms with van der Waals surface area (Å²) in [5.74, 6) is 0.754. The van der Waals surface area contributed by atoms with Gasteiger partial charge in [-0.2, -0.15) is 0 Å². The van der Waals surface area contributed by atoms with E-state index in [4.69, 9.17) is 26.4 Å². The minimum atomic E-state index is -0.101. The molecule has 170 valence electrons. The van der Waals surface area contributed by atoms with Crippen LogP contribution < -0.4 is 15.6 Å². The van der Waals surface area contributed by atoms with Crippen LogP contribution in [0.2, 0.25) is 0 Å². The van der Waals surface area contributed by atoms with Gasteiger partial charge in [-0.25, -0.2) is 0 Å². The van der Waals surface area contributed by atoms with Gasteiger partial charge in [0, 0.05) is 56.3 Å². The number of pyridine rings is 1. The van der Waals surface area contributed by atoms with Gasteiger partial charge in [-0.1, -0.05) is 0 Å². The van der Waals surface area contributed by atoms with Crippen molar-refractivity contribution in [3.05, 3.63) is 40.2 Å². The van der Waals surface area contributed by atoms with Crippen LogP contribution in [0.15, 0.2) is 29.1 Å². The van der Waals surface area contributed by atoms with E-state index in [1.54, 1.807) is 14.2 Å². The summed E-state index contributed by atoms with van der Waals surface area (Å²) in [5, 5.41) is 4.79. The number of morpholine rings is 1. The Labute approximate surface area is 188 Å². The Morgan fingerprint density at radius 1 is 1.29 bits per heavy atom. The molecule has 1 aromatic heterocycles. The van der Waals surface area contributed by atoms with Crippen molar-refractivity contribution in [2.45, 2.75) is 13.0 Å². The van der Waals surface area contributed by atoms with Crippen molar-refractivity contribution in [2.24, 2.45) is 0 Å². The normalized spacial score (nSPS) is 14.5. The first-order valence-corrected chi connectivity index (χ1v) is 11.0. The second-order valence-corrected chi connectivity index (χ2v) is 7.92. The van der Waals surface area contributed by atoms with Crippen LogP contribution in [0.3, 0.4) is 0 Å². The number of aromatic nitrogens is 1. The minimum absolute atomic E-state index is 0.101. The van der Waals surface area contributed by atoms with Crippen LogP contribution in [-0.4, -0.2) is 86.7 Å². The second kappa shape index (κ2) is 12.0. The number of benzene rings is 1. The standard InChI is InChI=1S/C22H32N4O4S/c1-28-11-6-23-22(31)26(8-3-7-25-9-12-30-13-10-25)16-18-14-17-15-19(29-2)4-5-20(17)24-21(18)27/h4-5,14-15H,3,6-13,16H2,1-2H3,(H,23,31)(H,24,27). The SMILES string of the molecule is COCCNC(=S)N(CCCN1CCOCC1)Cc1cc2cc(OC)ccc2[nH]c1=O. The lowest BCUT2D eigenvalue weighted by Gasteiger charge is -2.29. The molecule has 1 aliphatic heterocycles.